The number of rotatable bonds is 5. The van der Waals surface area contributed by atoms with Crippen LogP contribution in [0, 0.1) is 0 Å². The third kappa shape index (κ3) is 4.95. The molecule has 0 aromatic carbocycles. The summed E-state index contributed by atoms with van der Waals surface area (Å²) in [6.07, 6.45) is 24.0. The van der Waals surface area contributed by atoms with Crippen molar-refractivity contribution in [2.75, 3.05) is 0 Å². The SMILES string of the molecule is C=C=CC(=CC=CC)C1=C(C=CC=CC)C=CCC1=CC. The van der Waals surface area contributed by atoms with E-state index in [4.69, 9.17) is 0 Å². The van der Waals surface area contributed by atoms with Crippen LogP contribution in [0.3, 0.4) is 0 Å². The molecule has 0 unspecified atom stereocenters. The Kier molecular flexibility index (Phi) is 7.64. The molecule has 0 aromatic rings. The maximum absolute atomic E-state index is 3.72. The van der Waals surface area contributed by atoms with Gasteiger partial charge in [0.05, 0.1) is 0 Å². The Morgan fingerprint density at radius 3 is 2.52 bits per heavy atom. The smallest absolute Gasteiger partial charge is 0.00734 e. The largest absolute Gasteiger partial charge is 0.128 e. The maximum Gasteiger partial charge on any atom is -0.00734 e. The summed E-state index contributed by atoms with van der Waals surface area (Å²) in [5.74, 6) is 0. The predicted octanol–water partition coefficient (Wildman–Crippen LogP) is 6.17. The molecule has 0 nitrogen and oxygen atoms in total. The van der Waals surface area contributed by atoms with Crippen molar-refractivity contribution in [1.82, 2.24) is 0 Å². The second-order valence-electron chi connectivity index (χ2n) is 4.63. The molecular weight excluding hydrogens is 252 g/mol. The summed E-state index contributed by atoms with van der Waals surface area (Å²) in [7, 11) is 0. The highest BCUT2D eigenvalue weighted by atomic mass is 14.2. The molecule has 0 bridgehead atoms. The zero-order chi connectivity index (χ0) is 15.5. The lowest BCUT2D eigenvalue weighted by Crippen LogP contribution is -2.00. The third-order valence-electron chi connectivity index (χ3n) is 3.19. The first-order chi connectivity index (χ1) is 10.3. The molecule has 21 heavy (non-hydrogen) atoms. The van der Waals surface area contributed by atoms with E-state index in [2.05, 4.69) is 61.8 Å². The molecule has 0 saturated heterocycles. The fourth-order valence-electron chi connectivity index (χ4n) is 2.22. The van der Waals surface area contributed by atoms with E-state index in [1.807, 2.05) is 38.2 Å². The van der Waals surface area contributed by atoms with Crippen molar-refractivity contribution >= 4 is 0 Å². The monoisotopic (exact) mass is 276 g/mol. The Morgan fingerprint density at radius 1 is 1.14 bits per heavy atom. The standard InChI is InChI=1S/C21H24/c1-5-9-11-15-20-17-12-16-18(8-4)21(20)19(13-7-3)14-10-6-2/h5-6,8-15,17H,3,16H2,1-2,4H3. The molecule has 0 heteroatoms. The normalized spacial score (nSPS) is 18.4. The molecule has 0 aromatic heterocycles. The van der Waals surface area contributed by atoms with Crippen molar-refractivity contribution in [2.24, 2.45) is 0 Å². The van der Waals surface area contributed by atoms with Gasteiger partial charge in [-0.1, -0.05) is 67.3 Å². The fraction of sp³-hybridized carbons (Fsp3) is 0.190. The van der Waals surface area contributed by atoms with Gasteiger partial charge in [-0.2, -0.15) is 0 Å². The molecule has 1 aliphatic rings. The van der Waals surface area contributed by atoms with Gasteiger partial charge in [0.15, 0.2) is 0 Å². The Morgan fingerprint density at radius 2 is 1.90 bits per heavy atom. The molecule has 0 atom stereocenters. The van der Waals surface area contributed by atoms with E-state index in [-0.39, 0.29) is 0 Å². The van der Waals surface area contributed by atoms with Crippen LogP contribution in [0.15, 0.2) is 101 Å². The van der Waals surface area contributed by atoms with Crippen LogP contribution in [0.2, 0.25) is 0 Å². The van der Waals surface area contributed by atoms with Crippen molar-refractivity contribution < 1.29 is 0 Å². The molecule has 0 fully saturated rings. The van der Waals surface area contributed by atoms with E-state index in [0.29, 0.717) is 0 Å². The Balaban J connectivity index is 3.47. The average Bonchev–Trinajstić information content (AvgIpc) is 2.51. The van der Waals surface area contributed by atoms with Gasteiger partial charge in [-0.05, 0) is 55.6 Å². The van der Waals surface area contributed by atoms with Gasteiger partial charge < -0.3 is 0 Å². The highest BCUT2D eigenvalue weighted by Gasteiger charge is 2.13. The van der Waals surface area contributed by atoms with Crippen LogP contribution in [0.4, 0.5) is 0 Å². The highest BCUT2D eigenvalue weighted by Crippen LogP contribution is 2.32. The van der Waals surface area contributed by atoms with Crippen LogP contribution in [-0.2, 0) is 0 Å². The first kappa shape index (κ1) is 16.8. The van der Waals surface area contributed by atoms with Crippen molar-refractivity contribution in [1.29, 1.82) is 0 Å². The second-order valence-corrected chi connectivity index (χ2v) is 4.63. The lowest BCUT2D eigenvalue weighted by molar-refractivity contribution is 1.17. The van der Waals surface area contributed by atoms with Crippen LogP contribution in [0.1, 0.15) is 27.2 Å². The molecule has 0 amide bonds. The van der Waals surface area contributed by atoms with E-state index < -0.39 is 0 Å². The van der Waals surface area contributed by atoms with E-state index in [9.17, 15) is 0 Å². The van der Waals surface area contributed by atoms with Gasteiger partial charge in [0.1, 0.15) is 0 Å². The first-order valence-electron chi connectivity index (χ1n) is 7.33. The lowest BCUT2D eigenvalue weighted by atomic mass is 9.86. The molecule has 0 spiro atoms. The molecule has 0 radical (unpaired) electrons. The summed E-state index contributed by atoms with van der Waals surface area (Å²) in [6.45, 7) is 9.85. The van der Waals surface area contributed by atoms with Gasteiger partial charge in [0, 0.05) is 0 Å². The number of allylic oxidation sites excluding steroid dienone is 15. The molecule has 108 valence electrons. The molecule has 1 aliphatic carbocycles. The van der Waals surface area contributed by atoms with Crippen LogP contribution >= 0.6 is 0 Å². The van der Waals surface area contributed by atoms with Crippen molar-refractivity contribution in [3.05, 3.63) is 101 Å². The van der Waals surface area contributed by atoms with Gasteiger partial charge >= 0.3 is 0 Å². The Labute approximate surface area is 129 Å². The summed E-state index contributed by atoms with van der Waals surface area (Å²) >= 11 is 0. The highest BCUT2D eigenvalue weighted by molar-refractivity contribution is 5.62. The Bertz CT molecular complexity index is 604. The molecule has 0 N–H and O–H groups in total. The van der Waals surface area contributed by atoms with Gasteiger partial charge in [-0.15, -0.1) is 5.73 Å². The Hall–Kier alpha value is -2.30. The van der Waals surface area contributed by atoms with E-state index >= 15 is 0 Å². The van der Waals surface area contributed by atoms with Gasteiger partial charge in [-0.3, -0.25) is 0 Å². The fourth-order valence-corrected chi connectivity index (χ4v) is 2.22. The summed E-state index contributed by atoms with van der Waals surface area (Å²) in [4.78, 5) is 0. The van der Waals surface area contributed by atoms with Gasteiger partial charge in [-0.25, -0.2) is 0 Å². The average molecular weight is 276 g/mol. The minimum atomic E-state index is 0.963. The summed E-state index contributed by atoms with van der Waals surface area (Å²) in [6, 6.07) is 0. The summed E-state index contributed by atoms with van der Waals surface area (Å²) in [5, 5.41) is 0. The zero-order valence-corrected chi connectivity index (χ0v) is 13.3. The van der Waals surface area contributed by atoms with Crippen molar-refractivity contribution in [2.45, 2.75) is 27.2 Å². The van der Waals surface area contributed by atoms with Crippen LogP contribution in [-0.4, -0.2) is 0 Å². The van der Waals surface area contributed by atoms with Crippen molar-refractivity contribution in [3.63, 3.8) is 0 Å². The lowest BCUT2D eigenvalue weighted by Gasteiger charge is -2.18. The predicted molar refractivity (Wildman–Crippen MR) is 95.1 cm³/mol. The molecular formula is C21H24. The van der Waals surface area contributed by atoms with E-state index in [0.717, 1.165) is 12.0 Å². The molecule has 0 heterocycles. The van der Waals surface area contributed by atoms with Crippen LogP contribution in [0.25, 0.3) is 0 Å². The summed E-state index contributed by atoms with van der Waals surface area (Å²) in [5.41, 5.74) is 7.86. The molecule has 0 aliphatic heterocycles. The van der Waals surface area contributed by atoms with Crippen molar-refractivity contribution in [3.8, 4) is 0 Å². The summed E-state index contributed by atoms with van der Waals surface area (Å²) < 4.78 is 0. The quantitative estimate of drug-likeness (QED) is 0.416. The van der Waals surface area contributed by atoms with E-state index in [1.54, 1.807) is 0 Å². The second kappa shape index (κ2) is 9.58. The molecule has 1 rings (SSSR count). The number of hydrogen-bond acceptors (Lipinski definition) is 0. The van der Waals surface area contributed by atoms with Crippen LogP contribution in [0.5, 0.6) is 0 Å². The topological polar surface area (TPSA) is 0 Å². The maximum atomic E-state index is 3.72. The van der Waals surface area contributed by atoms with Crippen LogP contribution < -0.4 is 0 Å². The zero-order valence-electron chi connectivity index (χ0n) is 13.3. The van der Waals surface area contributed by atoms with Gasteiger partial charge in [0.25, 0.3) is 0 Å². The van der Waals surface area contributed by atoms with Gasteiger partial charge in [0.2, 0.25) is 0 Å². The first-order valence-corrected chi connectivity index (χ1v) is 7.33. The van der Waals surface area contributed by atoms with E-state index in [1.165, 1.54) is 16.7 Å². The number of hydrogen-bond donors (Lipinski definition) is 0. The minimum absolute atomic E-state index is 0.963. The third-order valence-corrected chi connectivity index (χ3v) is 3.19. The molecule has 0 saturated carbocycles. The minimum Gasteiger partial charge on any atom is -0.128 e.